The molecule has 0 aliphatic heterocycles. The van der Waals surface area contributed by atoms with E-state index in [9.17, 15) is 4.79 Å². The second kappa shape index (κ2) is 4.39. The third kappa shape index (κ3) is 1.87. The molecule has 3 aromatic rings. The number of benzene rings is 2. The molecular formula is C15H9N3O. The monoisotopic (exact) mass is 247 g/mol. The first kappa shape index (κ1) is 11.2. The number of nitrogens with zero attached hydrogens (tertiary/aromatic N) is 3. The molecule has 0 N–H and O–H groups in total. The molecule has 0 saturated carbocycles. The molecule has 4 heteroatoms. The molecule has 0 aliphatic carbocycles. The van der Waals surface area contributed by atoms with E-state index >= 15 is 0 Å². The standard InChI is InChI=1S/C15H9N3O/c16-9-11-4-3-5-12(8-11)15(19)18-10-17-13-6-1-2-7-14(13)18/h1-8,10H. The van der Waals surface area contributed by atoms with Crippen LogP contribution in [0.2, 0.25) is 0 Å². The van der Waals surface area contributed by atoms with Crippen molar-refractivity contribution in [3.05, 3.63) is 66.0 Å². The lowest BCUT2D eigenvalue weighted by atomic mass is 10.1. The van der Waals surface area contributed by atoms with Crippen molar-refractivity contribution in [3.8, 4) is 6.07 Å². The Morgan fingerprint density at radius 3 is 2.84 bits per heavy atom. The summed E-state index contributed by atoms with van der Waals surface area (Å²) in [6, 6.07) is 16.1. The molecular weight excluding hydrogens is 238 g/mol. The van der Waals surface area contributed by atoms with Gasteiger partial charge in [-0.3, -0.25) is 9.36 Å². The number of carbonyl (C=O) groups is 1. The summed E-state index contributed by atoms with van der Waals surface area (Å²) in [7, 11) is 0. The highest BCUT2D eigenvalue weighted by Gasteiger charge is 2.12. The quantitative estimate of drug-likeness (QED) is 0.664. The second-order valence-electron chi connectivity index (χ2n) is 4.10. The van der Waals surface area contributed by atoms with Gasteiger partial charge in [0.25, 0.3) is 5.91 Å². The first-order chi connectivity index (χ1) is 9.29. The van der Waals surface area contributed by atoms with Crippen molar-refractivity contribution in [2.75, 3.05) is 0 Å². The van der Waals surface area contributed by atoms with E-state index in [2.05, 4.69) is 4.98 Å². The maximum atomic E-state index is 12.4. The molecule has 0 amide bonds. The lowest BCUT2D eigenvalue weighted by Gasteiger charge is -2.03. The highest BCUT2D eigenvalue weighted by molar-refractivity contribution is 6.01. The Bertz CT molecular complexity index is 811. The van der Waals surface area contributed by atoms with Crippen LogP contribution in [0, 0.1) is 11.3 Å². The minimum absolute atomic E-state index is 0.189. The summed E-state index contributed by atoms with van der Waals surface area (Å²) in [4.78, 5) is 16.6. The molecule has 0 atom stereocenters. The second-order valence-corrected chi connectivity index (χ2v) is 4.10. The normalized spacial score (nSPS) is 10.3. The molecule has 90 valence electrons. The zero-order valence-corrected chi connectivity index (χ0v) is 9.95. The van der Waals surface area contributed by atoms with Gasteiger partial charge >= 0.3 is 0 Å². The fourth-order valence-corrected chi connectivity index (χ4v) is 1.98. The van der Waals surface area contributed by atoms with Gasteiger partial charge in [0.05, 0.1) is 22.7 Å². The van der Waals surface area contributed by atoms with Crippen molar-refractivity contribution in [1.82, 2.24) is 9.55 Å². The maximum absolute atomic E-state index is 12.4. The fraction of sp³-hybridized carbons (Fsp3) is 0. The van der Waals surface area contributed by atoms with Crippen LogP contribution in [-0.4, -0.2) is 15.5 Å². The molecule has 4 nitrogen and oxygen atoms in total. The average Bonchev–Trinajstić information content (AvgIpc) is 2.90. The van der Waals surface area contributed by atoms with Crippen LogP contribution < -0.4 is 0 Å². The first-order valence-corrected chi connectivity index (χ1v) is 5.76. The maximum Gasteiger partial charge on any atom is 0.263 e. The molecule has 1 heterocycles. The molecule has 0 spiro atoms. The van der Waals surface area contributed by atoms with Crippen molar-refractivity contribution >= 4 is 16.9 Å². The van der Waals surface area contributed by atoms with Crippen molar-refractivity contribution in [2.24, 2.45) is 0 Å². The minimum atomic E-state index is -0.189. The van der Waals surface area contributed by atoms with E-state index in [1.165, 1.54) is 10.9 Å². The van der Waals surface area contributed by atoms with Gasteiger partial charge in [0.1, 0.15) is 6.33 Å². The average molecular weight is 247 g/mol. The molecule has 0 bridgehead atoms. The van der Waals surface area contributed by atoms with E-state index in [0.29, 0.717) is 11.1 Å². The predicted octanol–water partition coefficient (Wildman–Crippen LogP) is 2.60. The molecule has 0 radical (unpaired) electrons. The van der Waals surface area contributed by atoms with Crippen LogP contribution in [-0.2, 0) is 0 Å². The summed E-state index contributed by atoms with van der Waals surface area (Å²) in [6.07, 6.45) is 1.51. The van der Waals surface area contributed by atoms with Crippen LogP contribution in [0.3, 0.4) is 0 Å². The van der Waals surface area contributed by atoms with Crippen LogP contribution in [0.15, 0.2) is 54.9 Å². The van der Waals surface area contributed by atoms with Gasteiger partial charge in [0, 0.05) is 5.56 Å². The zero-order valence-electron chi connectivity index (χ0n) is 9.95. The highest BCUT2D eigenvalue weighted by atomic mass is 16.2. The van der Waals surface area contributed by atoms with Gasteiger partial charge in [-0.2, -0.15) is 5.26 Å². The number of carbonyl (C=O) groups excluding carboxylic acids is 1. The smallest absolute Gasteiger partial charge is 0.263 e. The number of aromatic nitrogens is 2. The van der Waals surface area contributed by atoms with Crippen molar-refractivity contribution in [3.63, 3.8) is 0 Å². The van der Waals surface area contributed by atoms with Crippen LogP contribution >= 0.6 is 0 Å². The summed E-state index contributed by atoms with van der Waals surface area (Å²) < 4.78 is 1.49. The molecule has 0 aliphatic rings. The Hall–Kier alpha value is -2.93. The number of hydrogen-bond acceptors (Lipinski definition) is 3. The van der Waals surface area contributed by atoms with E-state index in [4.69, 9.17) is 5.26 Å². The summed E-state index contributed by atoms with van der Waals surface area (Å²) >= 11 is 0. The third-order valence-corrected chi connectivity index (χ3v) is 2.91. The molecule has 0 saturated heterocycles. The van der Waals surface area contributed by atoms with Gasteiger partial charge in [0.2, 0.25) is 0 Å². The molecule has 19 heavy (non-hydrogen) atoms. The Balaban J connectivity index is 2.11. The van der Waals surface area contributed by atoms with Crippen LogP contribution in [0.5, 0.6) is 0 Å². The van der Waals surface area contributed by atoms with E-state index < -0.39 is 0 Å². The molecule has 3 rings (SSSR count). The summed E-state index contributed by atoms with van der Waals surface area (Å²) in [5.74, 6) is -0.189. The summed E-state index contributed by atoms with van der Waals surface area (Å²) in [6.45, 7) is 0. The Morgan fingerprint density at radius 1 is 1.16 bits per heavy atom. The van der Waals surface area contributed by atoms with Gasteiger partial charge < -0.3 is 0 Å². The van der Waals surface area contributed by atoms with E-state index in [-0.39, 0.29) is 5.91 Å². The fourth-order valence-electron chi connectivity index (χ4n) is 1.98. The Labute approximate surface area is 109 Å². The van der Waals surface area contributed by atoms with Gasteiger partial charge in [-0.15, -0.1) is 0 Å². The lowest BCUT2D eigenvalue weighted by molar-refractivity contribution is 0.0964. The number of nitriles is 1. The minimum Gasteiger partial charge on any atom is -0.268 e. The van der Waals surface area contributed by atoms with Crippen LogP contribution in [0.1, 0.15) is 15.9 Å². The van der Waals surface area contributed by atoms with Gasteiger partial charge in [0.15, 0.2) is 0 Å². The summed E-state index contributed by atoms with van der Waals surface area (Å²) in [5.41, 5.74) is 2.47. The lowest BCUT2D eigenvalue weighted by Crippen LogP contribution is -2.10. The number of fused-ring (bicyclic) bond motifs is 1. The van der Waals surface area contributed by atoms with Crippen LogP contribution in [0.4, 0.5) is 0 Å². The first-order valence-electron chi connectivity index (χ1n) is 5.76. The van der Waals surface area contributed by atoms with E-state index in [1.54, 1.807) is 24.3 Å². The Kier molecular flexibility index (Phi) is 2.58. The molecule has 1 aromatic heterocycles. The number of rotatable bonds is 1. The number of para-hydroxylation sites is 2. The van der Waals surface area contributed by atoms with Gasteiger partial charge in [-0.05, 0) is 30.3 Å². The van der Waals surface area contributed by atoms with Crippen molar-refractivity contribution < 1.29 is 4.79 Å². The van der Waals surface area contributed by atoms with Crippen LogP contribution in [0.25, 0.3) is 11.0 Å². The van der Waals surface area contributed by atoms with Crippen molar-refractivity contribution in [2.45, 2.75) is 0 Å². The highest BCUT2D eigenvalue weighted by Crippen LogP contribution is 2.14. The summed E-state index contributed by atoms with van der Waals surface area (Å²) in [5, 5.41) is 8.87. The molecule has 0 unspecified atom stereocenters. The number of imidazole rings is 1. The Morgan fingerprint density at radius 2 is 2.00 bits per heavy atom. The SMILES string of the molecule is N#Cc1cccc(C(=O)n2cnc3ccccc32)c1. The van der Waals surface area contributed by atoms with Gasteiger partial charge in [-0.1, -0.05) is 18.2 Å². The predicted molar refractivity (Wildman–Crippen MR) is 70.6 cm³/mol. The largest absolute Gasteiger partial charge is 0.268 e. The third-order valence-electron chi connectivity index (χ3n) is 2.91. The molecule has 2 aromatic carbocycles. The topological polar surface area (TPSA) is 58.7 Å². The van der Waals surface area contributed by atoms with E-state index in [1.807, 2.05) is 30.3 Å². The number of hydrogen-bond donors (Lipinski definition) is 0. The van der Waals surface area contributed by atoms with Crippen molar-refractivity contribution in [1.29, 1.82) is 5.26 Å². The van der Waals surface area contributed by atoms with Gasteiger partial charge in [-0.25, -0.2) is 4.98 Å². The van der Waals surface area contributed by atoms with E-state index in [0.717, 1.165) is 11.0 Å². The molecule has 0 fully saturated rings. The zero-order chi connectivity index (χ0) is 13.2.